The minimum atomic E-state index is -3.09. The maximum absolute atomic E-state index is 12.1. The van der Waals surface area contributed by atoms with E-state index in [1.54, 1.807) is 24.3 Å². The first-order valence-corrected chi connectivity index (χ1v) is 8.07. The summed E-state index contributed by atoms with van der Waals surface area (Å²) in [4.78, 5) is 0. The zero-order valence-electron chi connectivity index (χ0n) is 10.7. The highest BCUT2D eigenvalue weighted by Crippen LogP contribution is 2.17. The Bertz CT molecular complexity index is 492. The second kappa shape index (κ2) is 6.25. The summed E-state index contributed by atoms with van der Waals surface area (Å²) in [5, 5.41) is -0.281. The summed E-state index contributed by atoms with van der Waals surface area (Å²) in [5.74, 6) is 0.679. The van der Waals surface area contributed by atoms with Gasteiger partial charge < -0.3 is 15.2 Å². The topological polar surface area (TPSA) is 78.6 Å². The standard InChI is InChI=1S/C13H19NO4S/c14-11-1-3-12(4-2-11)18-9-10-19(15,16)13-5-7-17-8-6-13/h1-4,13H,5-10,14H2. The van der Waals surface area contributed by atoms with Crippen LogP contribution in [0.2, 0.25) is 0 Å². The van der Waals surface area contributed by atoms with E-state index >= 15 is 0 Å². The van der Waals surface area contributed by atoms with Gasteiger partial charge in [0.2, 0.25) is 0 Å². The Labute approximate surface area is 113 Å². The fraction of sp³-hybridized carbons (Fsp3) is 0.538. The Hall–Kier alpha value is -1.27. The van der Waals surface area contributed by atoms with Gasteiger partial charge in [0, 0.05) is 18.9 Å². The Morgan fingerprint density at radius 3 is 2.47 bits per heavy atom. The van der Waals surface area contributed by atoms with Crippen molar-refractivity contribution in [3.8, 4) is 5.75 Å². The second-order valence-electron chi connectivity index (χ2n) is 4.60. The molecule has 0 aliphatic carbocycles. The van der Waals surface area contributed by atoms with E-state index in [0.717, 1.165) is 0 Å². The minimum Gasteiger partial charge on any atom is -0.493 e. The van der Waals surface area contributed by atoms with E-state index in [2.05, 4.69) is 0 Å². The number of hydrogen-bond acceptors (Lipinski definition) is 5. The van der Waals surface area contributed by atoms with Crippen LogP contribution in [0.3, 0.4) is 0 Å². The lowest BCUT2D eigenvalue weighted by atomic mass is 10.2. The largest absolute Gasteiger partial charge is 0.493 e. The molecule has 0 saturated carbocycles. The van der Waals surface area contributed by atoms with Gasteiger partial charge in [0.25, 0.3) is 0 Å². The van der Waals surface area contributed by atoms with E-state index in [4.69, 9.17) is 15.2 Å². The van der Waals surface area contributed by atoms with Crippen molar-refractivity contribution in [1.29, 1.82) is 0 Å². The Balaban J connectivity index is 1.82. The van der Waals surface area contributed by atoms with Crippen LogP contribution in [0.15, 0.2) is 24.3 Å². The number of rotatable bonds is 5. The first-order valence-electron chi connectivity index (χ1n) is 6.35. The average Bonchev–Trinajstić information content (AvgIpc) is 2.42. The van der Waals surface area contributed by atoms with Crippen molar-refractivity contribution in [2.45, 2.75) is 18.1 Å². The van der Waals surface area contributed by atoms with Gasteiger partial charge in [0.15, 0.2) is 9.84 Å². The van der Waals surface area contributed by atoms with E-state index in [1.807, 2.05) is 0 Å². The van der Waals surface area contributed by atoms with Crippen molar-refractivity contribution in [3.05, 3.63) is 24.3 Å². The molecule has 1 heterocycles. The third kappa shape index (κ3) is 4.11. The molecule has 0 unspecified atom stereocenters. The van der Waals surface area contributed by atoms with Gasteiger partial charge in [0.05, 0.1) is 11.0 Å². The Morgan fingerprint density at radius 1 is 1.21 bits per heavy atom. The molecule has 0 aromatic heterocycles. The number of anilines is 1. The maximum atomic E-state index is 12.1. The molecule has 1 aliphatic heterocycles. The number of sulfone groups is 1. The normalized spacial score (nSPS) is 17.3. The molecule has 2 N–H and O–H groups in total. The molecule has 5 nitrogen and oxygen atoms in total. The molecule has 1 saturated heterocycles. The summed E-state index contributed by atoms with van der Waals surface area (Å²) in [5.41, 5.74) is 6.21. The summed E-state index contributed by atoms with van der Waals surface area (Å²) in [6.45, 7) is 1.23. The fourth-order valence-corrected chi connectivity index (χ4v) is 3.60. The predicted molar refractivity (Wildman–Crippen MR) is 74.0 cm³/mol. The molecule has 0 radical (unpaired) electrons. The summed E-state index contributed by atoms with van der Waals surface area (Å²) in [6, 6.07) is 6.91. The third-order valence-electron chi connectivity index (χ3n) is 3.19. The van der Waals surface area contributed by atoms with Crippen molar-refractivity contribution in [2.75, 3.05) is 31.3 Å². The van der Waals surface area contributed by atoms with Crippen molar-refractivity contribution in [1.82, 2.24) is 0 Å². The molecule has 19 heavy (non-hydrogen) atoms. The summed E-state index contributed by atoms with van der Waals surface area (Å²) < 4.78 is 34.7. The van der Waals surface area contributed by atoms with Crippen LogP contribution in [-0.4, -0.2) is 39.2 Å². The Kier molecular flexibility index (Phi) is 4.66. The molecule has 1 aromatic rings. The molecule has 106 valence electrons. The van der Waals surface area contributed by atoms with Crippen LogP contribution in [0.4, 0.5) is 5.69 Å². The van der Waals surface area contributed by atoms with Gasteiger partial charge in [-0.1, -0.05) is 0 Å². The molecule has 1 aromatic carbocycles. The lowest BCUT2D eigenvalue weighted by Gasteiger charge is -2.22. The highest BCUT2D eigenvalue weighted by atomic mass is 32.2. The monoisotopic (exact) mass is 285 g/mol. The lowest BCUT2D eigenvalue weighted by molar-refractivity contribution is 0.0983. The highest BCUT2D eigenvalue weighted by molar-refractivity contribution is 7.92. The van der Waals surface area contributed by atoms with Crippen molar-refractivity contribution >= 4 is 15.5 Å². The zero-order valence-corrected chi connectivity index (χ0v) is 11.6. The molecule has 0 atom stereocenters. The molecule has 6 heteroatoms. The van der Waals surface area contributed by atoms with Gasteiger partial charge in [-0.25, -0.2) is 8.42 Å². The zero-order chi connectivity index (χ0) is 13.7. The second-order valence-corrected chi connectivity index (χ2v) is 7.00. The molecule has 1 aliphatic rings. The van der Waals surface area contributed by atoms with Crippen LogP contribution in [0, 0.1) is 0 Å². The lowest BCUT2D eigenvalue weighted by Crippen LogP contribution is -2.32. The van der Waals surface area contributed by atoms with Gasteiger partial charge in [-0.3, -0.25) is 0 Å². The average molecular weight is 285 g/mol. The number of benzene rings is 1. The van der Waals surface area contributed by atoms with Crippen molar-refractivity contribution < 1.29 is 17.9 Å². The minimum absolute atomic E-state index is 0.0437. The molecule has 0 spiro atoms. The van der Waals surface area contributed by atoms with Crippen LogP contribution in [0.25, 0.3) is 0 Å². The Morgan fingerprint density at radius 2 is 1.84 bits per heavy atom. The van der Waals surface area contributed by atoms with Crippen LogP contribution in [0.1, 0.15) is 12.8 Å². The number of nitrogens with two attached hydrogens (primary N) is 1. The maximum Gasteiger partial charge on any atom is 0.156 e. The van der Waals surface area contributed by atoms with Crippen LogP contribution >= 0.6 is 0 Å². The number of hydrogen-bond donors (Lipinski definition) is 1. The SMILES string of the molecule is Nc1ccc(OCCS(=O)(=O)C2CCOCC2)cc1. The molecule has 1 fully saturated rings. The van der Waals surface area contributed by atoms with E-state index in [0.29, 0.717) is 37.5 Å². The first-order chi connectivity index (χ1) is 9.08. The van der Waals surface area contributed by atoms with Crippen LogP contribution < -0.4 is 10.5 Å². The summed E-state index contributed by atoms with van der Waals surface area (Å²) in [7, 11) is -3.09. The summed E-state index contributed by atoms with van der Waals surface area (Å²) in [6.07, 6.45) is 1.18. The quantitative estimate of drug-likeness (QED) is 0.823. The third-order valence-corrected chi connectivity index (χ3v) is 5.42. The molecule has 2 rings (SSSR count). The van der Waals surface area contributed by atoms with Gasteiger partial charge in [-0.05, 0) is 37.1 Å². The number of ether oxygens (including phenoxy) is 2. The fourth-order valence-electron chi connectivity index (χ4n) is 2.04. The van der Waals surface area contributed by atoms with E-state index in [1.165, 1.54) is 0 Å². The van der Waals surface area contributed by atoms with Crippen molar-refractivity contribution in [3.63, 3.8) is 0 Å². The van der Waals surface area contributed by atoms with E-state index in [-0.39, 0.29) is 17.6 Å². The number of nitrogen functional groups attached to an aromatic ring is 1. The molecular formula is C13H19NO4S. The van der Waals surface area contributed by atoms with Crippen LogP contribution in [-0.2, 0) is 14.6 Å². The first kappa shape index (κ1) is 14.1. The van der Waals surface area contributed by atoms with E-state index < -0.39 is 9.84 Å². The molecule has 0 bridgehead atoms. The van der Waals surface area contributed by atoms with Crippen LogP contribution in [0.5, 0.6) is 5.75 Å². The van der Waals surface area contributed by atoms with Gasteiger partial charge in [-0.15, -0.1) is 0 Å². The molecular weight excluding hydrogens is 266 g/mol. The molecule has 0 amide bonds. The summed E-state index contributed by atoms with van der Waals surface area (Å²) >= 11 is 0. The van der Waals surface area contributed by atoms with Gasteiger partial charge in [-0.2, -0.15) is 0 Å². The van der Waals surface area contributed by atoms with Gasteiger partial charge in [0.1, 0.15) is 12.4 Å². The van der Waals surface area contributed by atoms with E-state index in [9.17, 15) is 8.42 Å². The smallest absolute Gasteiger partial charge is 0.156 e. The van der Waals surface area contributed by atoms with Gasteiger partial charge >= 0.3 is 0 Å². The predicted octanol–water partition coefficient (Wildman–Crippen LogP) is 1.24. The van der Waals surface area contributed by atoms with Crippen molar-refractivity contribution in [2.24, 2.45) is 0 Å². The highest BCUT2D eigenvalue weighted by Gasteiger charge is 2.27.